The molecule has 2 fully saturated rings. The molecule has 29 heavy (non-hydrogen) atoms. The van der Waals surface area contributed by atoms with Crippen molar-refractivity contribution in [1.29, 1.82) is 5.26 Å². The number of hydroxylamine groups is 1. The van der Waals surface area contributed by atoms with Gasteiger partial charge in [0.1, 0.15) is 5.60 Å². The summed E-state index contributed by atoms with van der Waals surface area (Å²) in [6, 6.07) is 2.82. The Morgan fingerprint density at radius 3 is 2.86 bits per heavy atom. The summed E-state index contributed by atoms with van der Waals surface area (Å²) in [4.78, 5) is 10.8. The van der Waals surface area contributed by atoms with Crippen molar-refractivity contribution in [2.75, 3.05) is 5.32 Å². The molecule has 0 radical (unpaired) electrons. The molecule has 0 unspecified atom stereocenters. The van der Waals surface area contributed by atoms with E-state index in [1.165, 1.54) is 32.1 Å². The van der Waals surface area contributed by atoms with Crippen LogP contribution in [0, 0.1) is 24.2 Å². The lowest BCUT2D eigenvalue weighted by atomic mass is 9.71. The molecule has 1 aliphatic heterocycles. The molecule has 7 nitrogen and oxygen atoms in total. The first kappa shape index (κ1) is 18.4. The SMILES string of the molecule is CCn1ncc2c(NC3CCCCC3)c(C3=CC4(CC(C#N)C4)ON3)c(C)nc21. The van der Waals surface area contributed by atoms with Gasteiger partial charge in [-0.2, -0.15) is 10.4 Å². The monoisotopic (exact) mass is 392 g/mol. The van der Waals surface area contributed by atoms with Crippen LogP contribution in [0.25, 0.3) is 16.7 Å². The molecular formula is C22H28N6O. The van der Waals surface area contributed by atoms with Crippen LogP contribution < -0.4 is 10.8 Å². The van der Waals surface area contributed by atoms with Crippen LogP contribution >= 0.6 is 0 Å². The maximum Gasteiger partial charge on any atom is 0.160 e. The summed E-state index contributed by atoms with van der Waals surface area (Å²) in [5.74, 6) is 0.0803. The number of nitrogens with one attached hydrogen (secondary N) is 2. The van der Waals surface area contributed by atoms with Gasteiger partial charge in [0.25, 0.3) is 0 Å². The van der Waals surface area contributed by atoms with Gasteiger partial charge < -0.3 is 5.32 Å². The van der Waals surface area contributed by atoms with Crippen molar-refractivity contribution in [3.05, 3.63) is 23.5 Å². The van der Waals surface area contributed by atoms with Gasteiger partial charge in [-0.15, -0.1) is 0 Å². The van der Waals surface area contributed by atoms with Gasteiger partial charge in [0.05, 0.1) is 40.6 Å². The molecule has 2 aromatic heterocycles. The molecule has 2 aliphatic carbocycles. The first-order valence-corrected chi connectivity index (χ1v) is 10.8. The van der Waals surface area contributed by atoms with Crippen LogP contribution in [0.3, 0.4) is 0 Å². The summed E-state index contributed by atoms with van der Waals surface area (Å²) in [5.41, 5.74) is 7.82. The summed E-state index contributed by atoms with van der Waals surface area (Å²) < 4.78 is 1.95. The molecule has 2 saturated carbocycles. The molecule has 3 aliphatic rings. The normalized spacial score (nSPS) is 26.8. The van der Waals surface area contributed by atoms with E-state index in [2.05, 4.69) is 41.9 Å². The first-order chi connectivity index (χ1) is 14.1. The molecule has 152 valence electrons. The Labute approximate surface area is 171 Å². The highest BCUT2D eigenvalue weighted by atomic mass is 16.7. The van der Waals surface area contributed by atoms with Crippen molar-refractivity contribution < 1.29 is 4.84 Å². The molecule has 3 heterocycles. The van der Waals surface area contributed by atoms with Gasteiger partial charge >= 0.3 is 0 Å². The van der Waals surface area contributed by atoms with Gasteiger partial charge in [0, 0.05) is 18.2 Å². The molecule has 7 heteroatoms. The van der Waals surface area contributed by atoms with Crippen LogP contribution in [0.5, 0.6) is 0 Å². The zero-order chi connectivity index (χ0) is 20.0. The Bertz CT molecular complexity index is 1000. The van der Waals surface area contributed by atoms with Crippen molar-refractivity contribution in [2.24, 2.45) is 5.92 Å². The Hall–Kier alpha value is -2.59. The Balaban J connectivity index is 1.59. The molecule has 0 atom stereocenters. The highest BCUT2D eigenvalue weighted by molar-refractivity contribution is 5.97. The van der Waals surface area contributed by atoms with Gasteiger partial charge in [0.15, 0.2) is 5.65 Å². The lowest BCUT2D eigenvalue weighted by Gasteiger charge is -2.37. The van der Waals surface area contributed by atoms with Crippen molar-refractivity contribution in [3.63, 3.8) is 0 Å². The number of aromatic nitrogens is 3. The van der Waals surface area contributed by atoms with Crippen LogP contribution in [-0.2, 0) is 11.4 Å². The molecular weight excluding hydrogens is 364 g/mol. The van der Waals surface area contributed by atoms with E-state index < -0.39 is 0 Å². The van der Waals surface area contributed by atoms with Gasteiger partial charge in [-0.25, -0.2) is 9.67 Å². The largest absolute Gasteiger partial charge is 0.381 e. The molecule has 0 bridgehead atoms. The summed E-state index contributed by atoms with van der Waals surface area (Å²) in [5, 5.41) is 18.6. The minimum absolute atomic E-state index is 0.0803. The topological polar surface area (TPSA) is 87.8 Å². The number of rotatable bonds is 4. The van der Waals surface area contributed by atoms with Gasteiger partial charge in [-0.05, 0) is 45.6 Å². The molecule has 0 amide bonds. The second kappa shape index (κ2) is 7.03. The molecule has 5 rings (SSSR count). The summed E-state index contributed by atoms with van der Waals surface area (Å²) in [6.45, 7) is 4.94. The quantitative estimate of drug-likeness (QED) is 0.816. The van der Waals surface area contributed by atoms with E-state index in [0.29, 0.717) is 6.04 Å². The third-order valence-electron chi connectivity index (χ3n) is 6.63. The second-order valence-corrected chi connectivity index (χ2v) is 8.69. The summed E-state index contributed by atoms with van der Waals surface area (Å²) in [7, 11) is 0. The van der Waals surface area contributed by atoms with Gasteiger partial charge in [0.2, 0.25) is 0 Å². The van der Waals surface area contributed by atoms with Crippen molar-refractivity contribution in [1.82, 2.24) is 20.2 Å². The molecule has 2 aromatic rings. The van der Waals surface area contributed by atoms with E-state index >= 15 is 0 Å². The summed E-state index contributed by atoms with van der Waals surface area (Å²) >= 11 is 0. The second-order valence-electron chi connectivity index (χ2n) is 8.69. The van der Waals surface area contributed by atoms with Crippen LogP contribution in [0.2, 0.25) is 0 Å². The number of fused-ring (bicyclic) bond motifs is 1. The van der Waals surface area contributed by atoms with E-state index in [-0.39, 0.29) is 11.5 Å². The van der Waals surface area contributed by atoms with Crippen molar-refractivity contribution >= 4 is 22.4 Å². The molecule has 1 spiro atoms. The third-order valence-corrected chi connectivity index (χ3v) is 6.63. The summed E-state index contributed by atoms with van der Waals surface area (Å²) in [6.07, 6.45) is 11.8. The molecule has 2 N–H and O–H groups in total. The average molecular weight is 393 g/mol. The zero-order valence-corrected chi connectivity index (χ0v) is 17.2. The Morgan fingerprint density at radius 1 is 1.34 bits per heavy atom. The van der Waals surface area contributed by atoms with Crippen LogP contribution in [-0.4, -0.2) is 26.4 Å². The van der Waals surface area contributed by atoms with E-state index in [1.807, 2.05) is 10.9 Å². The van der Waals surface area contributed by atoms with Crippen LogP contribution in [0.4, 0.5) is 5.69 Å². The highest BCUT2D eigenvalue weighted by Gasteiger charge is 2.48. The third kappa shape index (κ3) is 3.06. The highest BCUT2D eigenvalue weighted by Crippen LogP contribution is 2.47. The van der Waals surface area contributed by atoms with Crippen molar-refractivity contribution in [2.45, 2.75) is 77.0 Å². The fourth-order valence-corrected chi connectivity index (χ4v) is 5.03. The van der Waals surface area contributed by atoms with E-state index in [9.17, 15) is 0 Å². The zero-order valence-electron chi connectivity index (χ0n) is 17.2. The average Bonchev–Trinajstić information content (AvgIpc) is 3.32. The first-order valence-electron chi connectivity index (χ1n) is 10.8. The maximum absolute atomic E-state index is 9.15. The molecule has 0 saturated heterocycles. The van der Waals surface area contributed by atoms with Gasteiger partial charge in [-0.3, -0.25) is 10.3 Å². The number of nitriles is 1. The van der Waals surface area contributed by atoms with Crippen LogP contribution in [0.1, 0.15) is 63.1 Å². The van der Waals surface area contributed by atoms with E-state index in [4.69, 9.17) is 15.1 Å². The predicted octanol–water partition coefficient (Wildman–Crippen LogP) is 4.05. The maximum atomic E-state index is 9.15. The Kier molecular flexibility index (Phi) is 4.47. The van der Waals surface area contributed by atoms with Gasteiger partial charge in [-0.1, -0.05) is 19.3 Å². The van der Waals surface area contributed by atoms with E-state index in [1.54, 1.807) is 0 Å². The van der Waals surface area contributed by atoms with Crippen LogP contribution in [0.15, 0.2) is 12.3 Å². The number of hydrogen-bond acceptors (Lipinski definition) is 6. The number of hydrogen-bond donors (Lipinski definition) is 2. The minimum Gasteiger partial charge on any atom is -0.381 e. The van der Waals surface area contributed by atoms with Crippen molar-refractivity contribution in [3.8, 4) is 6.07 Å². The minimum atomic E-state index is -0.354. The fraction of sp³-hybridized carbons (Fsp3) is 0.591. The number of nitrogens with zero attached hydrogens (tertiary/aromatic N) is 4. The van der Waals surface area contributed by atoms with E-state index in [0.717, 1.165) is 53.1 Å². The number of anilines is 1. The number of pyridine rings is 1. The smallest absolute Gasteiger partial charge is 0.160 e. The fourth-order valence-electron chi connectivity index (χ4n) is 5.03. The Morgan fingerprint density at radius 2 is 2.14 bits per heavy atom. The lowest BCUT2D eigenvalue weighted by molar-refractivity contribution is -0.0982. The standard InChI is InChI=1S/C22H28N6O/c1-3-28-21-17(13-24-28)20(26-16-7-5-4-6-8-16)19(14(2)25-21)18-11-22(29-27-18)9-15(10-22)12-23/h11,13,15-16,27H,3-10H2,1-2H3,(H,25,26). The predicted molar refractivity (Wildman–Crippen MR) is 112 cm³/mol. The number of aryl methyl sites for hydroxylation is 2. The lowest BCUT2D eigenvalue weighted by Crippen LogP contribution is -2.43. The molecule has 0 aromatic carbocycles.